The first-order valence-electron chi connectivity index (χ1n) is 7.28. The number of nitrogens with zero attached hydrogens (tertiary/aromatic N) is 2. The van der Waals surface area contributed by atoms with Crippen molar-refractivity contribution >= 4 is 5.69 Å². The van der Waals surface area contributed by atoms with Crippen molar-refractivity contribution in [2.45, 2.75) is 52.1 Å². The Hall–Kier alpha value is -1.60. The van der Waals surface area contributed by atoms with Gasteiger partial charge in [0.2, 0.25) is 0 Å². The van der Waals surface area contributed by atoms with Crippen molar-refractivity contribution in [3.63, 3.8) is 0 Å². The maximum absolute atomic E-state index is 10.6. The van der Waals surface area contributed by atoms with Gasteiger partial charge in [0, 0.05) is 12.2 Å². The van der Waals surface area contributed by atoms with Gasteiger partial charge in [-0.3, -0.25) is 4.98 Å². The van der Waals surface area contributed by atoms with E-state index in [-0.39, 0.29) is 0 Å². The van der Waals surface area contributed by atoms with Gasteiger partial charge in [0.15, 0.2) is 0 Å². The van der Waals surface area contributed by atoms with Gasteiger partial charge in [-0.25, -0.2) is 0 Å². The standard InChI is InChI=1S/C16H23N3O/c1-11-4-6-16(20,7-5-11)10-18-15-8-12(2)19-13(3)14(15)9-17/h8,11,20H,4-7,10H2,1-3H3,(H,18,19). The fourth-order valence-electron chi connectivity index (χ4n) is 2.85. The van der Waals surface area contributed by atoms with Gasteiger partial charge >= 0.3 is 0 Å². The van der Waals surface area contributed by atoms with Crippen LogP contribution >= 0.6 is 0 Å². The van der Waals surface area contributed by atoms with Crippen LogP contribution in [-0.4, -0.2) is 22.2 Å². The zero-order valence-electron chi connectivity index (χ0n) is 12.5. The van der Waals surface area contributed by atoms with Crippen molar-refractivity contribution in [2.24, 2.45) is 5.92 Å². The van der Waals surface area contributed by atoms with Crippen molar-refractivity contribution in [3.05, 3.63) is 23.0 Å². The molecule has 1 aromatic rings. The smallest absolute Gasteiger partial charge is 0.103 e. The highest BCUT2D eigenvalue weighted by molar-refractivity contribution is 5.60. The van der Waals surface area contributed by atoms with Crippen LogP contribution in [0.25, 0.3) is 0 Å². The van der Waals surface area contributed by atoms with Gasteiger partial charge in [0.05, 0.1) is 22.5 Å². The molecular formula is C16H23N3O. The fourth-order valence-corrected chi connectivity index (χ4v) is 2.85. The third kappa shape index (κ3) is 3.29. The summed E-state index contributed by atoms with van der Waals surface area (Å²) in [5.41, 5.74) is 2.32. The summed E-state index contributed by atoms with van der Waals surface area (Å²) in [5.74, 6) is 0.704. The molecule has 0 amide bonds. The quantitative estimate of drug-likeness (QED) is 0.888. The number of hydrogen-bond donors (Lipinski definition) is 2. The Morgan fingerprint density at radius 1 is 1.45 bits per heavy atom. The minimum absolute atomic E-state index is 0.497. The third-order valence-electron chi connectivity index (χ3n) is 4.25. The summed E-state index contributed by atoms with van der Waals surface area (Å²) in [6.45, 7) is 6.48. The van der Waals surface area contributed by atoms with Crippen LogP contribution in [0, 0.1) is 31.1 Å². The highest BCUT2D eigenvalue weighted by atomic mass is 16.3. The zero-order valence-corrected chi connectivity index (χ0v) is 12.5. The molecule has 0 bridgehead atoms. The maximum atomic E-state index is 10.6. The van der Waals surface area contributed by atoms with Gasteiger partial charge in [-0.2, -0.15) is 5.26 Å². The lowest BCUT2D eigenvalue weighted by molar-refractivity contribution is 0.00500. The molecule has 1 aromatic heterocycles. The van der Waals surface area contributed by atoms with Crippen molar-refractivity contribution in [1.29, 1.82) is 5.26 Å². The lowest BCUT2D eigenvalue weighted by atomic mass is 9.79. The first-order chi connectivity index (χ1) is 9.43. The van der Waals surface area contributed by atoms with E-state index in [9.17, 15) is 10.4 Å². The summed E-state index contributed by atoms with van der Waals surface area (Å²) in [6, 6.07) is 4.07. The average Bonchev–Trinajstić information content (AvgIpc) is 2.40. The first-order valence-corrected chi connectivity index (χ1v) is 7.28. The van der Waals surface area contributed by atoms with Crippen LogP contribution in [0.3, 0.4) is 0 Å². The molecule has 4 nitrogen and oxygen atoms in total. The van der Waals surface area contributed by atoms with Gasteiger partial charge in [-0.1, -0.05) is 6.92 Å². The molecule has 1 heterocycles. The molecule has 0 spiro atoms. The van der Waals surface area contributed by atoms with E-state index in [1.54, 1.807) is 0 Å². The molecule has 4 heteroatoms. The number of hydrogen-bond acceptors (Lipinski definition) is 4. The number of nitrogens with one attached hydrogen (secondary N) is 1. The van der Waals surface area contributed by atoms with Crippen LogP contribution in [0.5, 0.6) is 0 Å². The summed E-state index contributed by atoms with van der Waals surface area (Å²) in [7, 11) is 0. The minimum atomic E-state index is -0.648. The monoisotopic (exact) mass is 273 g/mol. The summed E-state index contributed by atoms with van der Waals surface area (Å²) in [6.07, 6.45) is 3.79. The van der Waals surface area contributed by atoms with Gasteiger partial charge in [-0.05, 0) is 51.5 Å². The first kappa shape index (κ1) is 14.8. The Morgan fingerprint density at radius 2 is 2.10 bits per heavy atom. The molecule has 0 atom stereocenters. The van der Waals surface area contributed by atoms with E-state index >= 15 is 0 Å². The Balaban J connectivity index is 2.10. The predicted molar refractivity (Wildman–Crippen MR) is 79.5 cm³/mol. The molecule has 2 N–H and O–H groups in total. The number of anilines is 1. The number of aryl methyl sites for hydroxylation is 2. The molecule has 1 fully saturated rings. The maximum Gasteiger partial charge on any atom is 0.103 e. The molecule has 1 aliphatic carbocycles. The van der Waals surface area contributed by atoms with E-state index in [0.717, 1.165) is 42.8 Å². The van der Waals surface area contributed by atoms with Crippen LogP contribution in [-0.2, 0) is 0 Å². The normalized spacial score (nSPS) is 26.1. The zero-order chi connectivity index (χ0) is 14.8. The molecule has 20 heavy (non-hydrogen) atoms. The Kier molecular flexibility index (Phi) is 4.29. The number of rotatable bonds is 3. The average molecular weight is 273 g/mol. The fraction of sp³-hybridized carbons (Fsp3) is 0.625. The molecule has 1 saturated carbocycles. The Labute approximate surface area is 120 Å². The van der Waals surface area contributed by atoms with Crippen LogP contribution < -0.4 is 5.32 Å². The lowest BCUT2D eigenvalue weighted by Crippen LogP contribution is -2.40. The molecule has 2 rings (SSSR count). The molecule has 0 radical (unpaired) electrons. The van der Waals surface area contributed by atoms with Gasteiger partial charge < -0.3 is 10.4 Å². The molecular weight excluding hydrogens is 250 g/mol. The van der Waals surface area contributed by atoms with Crippen LogP contribution in [0.15, 0.2) is 6.07 Å². The number of aromatic nitrogens is 1. The minimum Gasteiger partial charge on any atom is -0.388 e. The highest BCUT2D eigenvalue weighted by Gasteiger charge is 2.31. The summed E-state index contributed by atoms with van der Waals surface area (Å²) >= 11 is 0. The van der Waals surface area contributed by atoms with Crippen molar-refractivity contribution in [3.8, 4) is 6.07 Å². The highest BCUT2D eigenvalue weighted by Crippen LogP contribution is 2.32. The molecule has 108 valence electrons. The number of aliphatic hydroxyl groups is 1. The number of pyridine rings is 1. The van der Waals surface area contributed by atoms with Gasteiger partial charge in [0.25, 0.3) is 0 Å². The van der Waals surface area contributed by atoms with E-state index in [1.807, 2.05) is 19.9 Å². The van der Waals surface area contributed by atoms with E-state index < -0.39 is 5.60 Å². The largest absolute Gasteiger partial charge is 0.388 e. The van der Waals surface area contributed by atoms with Crippen LogP contribution in [0.1, 0.15) is 49.6 Å². The van der Waals surface area contributed by atoms with E-state index in [2.05, 4.69) is 23.3 Å². The van der Waals surface area contributed by atoms with Crippen LogP contribution in [0.2, 0.25) is 0 Å². The number of nitriles is 1. The summed E-state index contributed by atoms with van der Waals surface area (Å²) in [4.78, 5) is 4.30. The molecule has 0 aromatic carbocycles. The molecule has 0 unspecified atom stereocenters. The predicted octanol–water partition coefficient (Wildman–Crippen LogP) is 2.92. The van der Waals surface area contributed by atoms with E-state index in [4.69, 9.17) is 0 Å². The SMILES string of the molecule is Cc1cc(NCC2(O)CCC(C)CC2)c(C#N)c(C)n1. The summed E-state index contributed by atoms with van der Waals surface area (Å²) in [5, 5.41) is 23.1. The van der Waals surface area contributed by atoms with Crippen molar-refractivity contribution < 1.29 is 5.11 Å². The van der Waals surface area contributed by atoms with Crippen molar-refractivity contribution in [2.75, 3.05) is 11.9 Å². The molecule has 0 saturated heterocycles. The van der Waals surface area contributed by atoms with E-state index in [0.29, 0.717) is 18.0 Å². The van der Waals surface area contributed by atoms with Gasteiger partial charge in [0.1, 0.15) is 6.07 Å². The Bertz CT molecular complexity index is 525. The topological polar surface area (TPSA) is 68.9 Å². The molecule has 0 aliphatic heterocycles. The van der Waals surface area contributed by atoms with Crippen LogP contribution in [0.4, 0.5) is 5.69 Å². The van der Waals surface area contributed by atoms with Crippen molar-refractivity contribution in [1.82, 2.24) is 4.98 Å². The van der Waals surface area contributed by atoms with Gasteiger partial charge in [-0.15, -0.1) is 0 Å². The second kappa shape index (κ2) is 5.80. The second-order valence-corrected chi connectivity index (χ2v) is 6.14. The molecule has 1 aliphatic rings. The second-order valence-electron chi connectivity index (χ2n) is 6.14. The lowest BCUT2D eigenvalue weighted by Gasteiger charge is -2.35. The summed E-state index contributed by atoms with van der Waals surface area (Å²) < 4.78 is 0. The third-order valence-corrected chi connectivity index (χ3v) is 4.25. The van der Waals surface area contributed by atoms with E-state index in [1.165, 1.54) is 0 Å². The Morgan fingerprint density at radius 3 is 2.70 bits per heavy atom.